The fourth-order valence-electron chi connectivity index (χ4n) is 3.63. The number of sulfonamides is 1. The highest BCUT2D eigenvalue weighted by Gasteiger charge is 2.36. The number of piperazine rings is 1. The Hall–Kier alpha value is -1.15. The molecule has 1 aromatic carbocycles. The first kappa shape index (κ1) is 21.2. The van der Waals surface area contributed by atoms with E-state index in [1.54, 1.807) is 17.5 Å². The number of methoxy groups -OCH3 is 1. The highest BCUT2D eigenvalue weighted by atomic mass is 32.2. The van der Waals surface area contributed by atoms with Crippen molar-refractivity contribution in [3.8, 4) is 5.75 Å². The quantitative estimate of drug-likeness (QED) is 0.723. The second-order valence-electron chi connectivity index (χ2n) is 7.07. The summed E-state index contributed by atoms with van der Waals surface area (Å²) in [5, 5.41) is 0. The van der Waals surface area contributed by atoms with E-state index in [-0.39, 0.29) is 12.1 Å². The van der Waals surface area contributed by atoms with Gasteiger partial charge in [0.25, 0.3) is 0 Å². The van der Waals surface area contributed by atoms with Crippen LogP contribution in [-0.4, -0.2) is 69.7 Å². The second-order valence-corrected chi connectivity index (χ2v) is 8.97. The van der Waals surface area contributed by atoms with Gasteiger partial charge in [0.05, 0.1) is 18.1 Å². The predicted octanol–water partition coefficient (Wildman–Crippen LogP) is 2.43. The third-order valence-electron chi connectivity index (χ3n) is 5.01. The number of rotatable bonds is 7. The first-order valence-electron chi connectivity index (χ1n) is 9.21. The Labute approximate surface area is 158 Å². The van der Waals surface area contributed by atoms with Crippen LogP contribution in [0.4, 0.5) is 0 Å². The van der Waals surface area contributed by atoms with E-state index in [0.717, 1.165) is 23.4 Å². The first-order valence-corrected chi connectivity index (χ1v) is 10.6. The van der Waals surface area contributed by atoms with Crippen LogP contribution < -0.4 is 4.74 Å². The molecule has 1 saturated heterocycles. The zero-order valence-electron chi connectivity index (χ0n) is 16.8. The van der Waals surface area contributed by atoms with Crippen LogP contribution in [0.25, 0.3) is 0 Å². The number of ether oxygens (including phenoxy) is 2. The fraction of sp³-hybridized carbons (Fsp3) is 0.684. The van der Waals surface area contributed by atoms with Gasteiger partial charge < -0.3 is 9.47 Å². The van der Waals surface area contributed by atoms with E-state index < -0.39 is 10.0 Å². The van der Waals surface area contributed by atoms with Crippen LogP contribution in [0.1, 0.15) is 31.9 Å². The third-order valence-corrected chi connectivity index (χ3v) is 6.99. The molecule has 0 N–H and O–H groups in total. The van der Waals surface area contributed by atoms with Crippen LogP contribution in [0, 0.1) is 13.8 Å². The summed E-state index contributed by atoms with van der Waals surface area (Å²) in [5.41, 5.74) is 1.57. The van der Waals surface area contributed by atoms with Gasteiger partial charge in [-0.3, -0.25) is 4.90 Å². The van der Waals surface area contributed by atoms with Gasteiger partial charge in [-0.15, -0.1) is 0 Å². The molecule has 1 aromatic rings. The van der Waals surface area contributed by atoms with Gasteiger partial charge in [-0.05, 0) is 57.9 Å². The van der Waals surface area contributed by atoms with Crippen molar-refractivity contribution in [1.29, 1.82) is 0 Å². The van der Waals surface area contributed by atoms with Crippen molar-refractivity contribution < 1.29 is 17.9 Å². The highest BCUT2D eigenvalue weighted by Crippen LogP contribution is 2.30. The molecule has 2 unspecified atom stereocenters. The van der Waals surface area contributed by atoms with Gasteiger partial charge in [0, 0.05) is 38.8 Å². The lowest BCUT2D eigenvalue weighted by Crippen LogP contribution is -2.58. The Balaban J connectivity index is 2.27. The van der Waals surface area contributed by atoms with Crippen LogP contribution in [-0.2, 0) is 14.8 Å². The van der Waals surface area contributed by atoms with Crippen LogP contribution in [0.3, 0.4) is 0 Å². The van der Waals surface area contributed by atoms with Crippen LogP contribution >= 0.6 is 0 Å². The zero-order valence-corrected chi connectivity index (χ0v) is 17.6. The summed E-state index contributed by atoms with van der Waals surface area (Å²) in [6.45, 7) is 12.8. The summed E-state index contributed by atoms with van der Waals surface area (Å²) >= 11 is 0. The molecule has 1 heterocycles. The molecule has 0 radical (unpaired) electrons. The molecule has 0 amide bonds. The molecule has 7 heteroatoms. The lowest BCUT2D eigenvalue weighted by Gasteiger charge is -2.43. The van der Waals surface area contributed by atoms with E-state index >= 15 is 0 Å². The standard InChI is InChI=1S/C19H32N2O4S/c1-7-25-18-10-15(3)19(11-14(18)2)26(22,23)20-12-16(4)21(8-9-24-6)17(5)13-20/h10-11,16-17H,7-9,12-13H2,1-6H3. The molecule has 6 nitrogen and oxygen atoms in total. The summed E-state index contributed by atoms with van der Waals surface area (Å²) in [4.78, 5) is 2.69. The maximum atomic E-state index is 13.3. The summed E-state index contributed by atoms with van der Waals surface area (Å²) in [6, 6.07) is 3.86. The first-order chi connectivity index (χ1) is 12.2. The summed E-state index contributed by atoms with van der Waals surface area (Å²) in [6.07, 6.45) is 0. The smallest absolute Gasteiger partial charge is 0.243 e. The summed E-state index contributed by atoms with van der Waals surface area (Å²) < 4.78 is 39.0. The fourth-order valence-corrected chi connectivity index (χ4v) is 5.53. The molecule has 0 aliphatic carbocycles. The molecule has 1 fully saturated rings. The maximum absolute atomic E-state index is 13.3. The Morgan fingerprint density at radius 2 is 1.73 bits per heavy atom. The van der Waals surface area contributed by atoms with Gasteiger partial charge in [0.15, 0.2) is 0 Å². The molecule has 1 aliphatic rings. The van der Waals surface area contributed by atoms with Crippen LogP contribution in [0.15, 0.2) is 17.0 Å². The number of hydrogen-bond acceptors (Lipinski definition) is 5. The lowest BCUT2D eigenvalue weighted by atomic mass is 10.1. The van der Waals surface area contributed by atoms with Gasteiger partial charge in [-0.1, -0.05) is 0 Å². The van der Waals surface area contributed by atoms with Gasteiger partial charge in [0.1, 0.15) is 5.75 Å². The third kappa shape index (κ3) is 4.39. The number of aryl methyl sites for hydroxylation is 2. The molecular weight excluding hydrogens is 352 g/mol. The van der Waals surface area contributed by atoms with Crippen molar-refractivity contribution in [2.24, 2.45) is 0 Å². The summed E-state index contributed by atoms with van der Waals surface area (Å²) in [7, 11) is -1.85. The van der Waals surface area contributed by atoms with Crippen LogP contribution in [0.5, 0.6) is 5.75 Å². The maximum Gasteiger partial charge on any atom is 0.243 e. The topological polar surface area (TPSA) is 59.1 Å². The average Bonchev–Trinajstić information content (AvgIpc) is 2.57. The number of nitrogens with zero attached hydrogens (tertiary/aromatic N) is 2. The van der Waals surface area contributed by atoms with E-state index in [2.05, 4.69) is 18.7 Å². The van der Waals surface area contributed by atoms with Gasteiger partial charge >= 0.3 is 0 Å². The normalized spacial score (nSPS) is 22.5. The highest BCUT2D eigenvalue weighted by molar-refractivity contribution is 7.89. The number of benzene rings is 1. The largest absolute Gasteiger partial charge is 0.494 e. The minimum atomic E-state index is -3.54. The van der Waals surface area contributed by atoms with Crippen LogP contribution in [0.2, 0.25) is 0 Å². The molecule has 2 atom stereocenters. The molecule has 0 saturated carbocycles. The average molecular weight is 385 g/mol. The molecular formula is C19H32N2O4S. The van der Waals surface area contributed by atoms with E-state index in [1.807, 2.05) is 26.8 Å². The van der Waals surface area contributed by atoms with E-state index in [0.29, 0.717) is 31.2 Å². The molecule has 0 spiro atoms. The Kier molecular flexibility index (Phi) is 7.07. The van der Waals surface area contributed by atoms with Gasteiger partial charge in [-0.2, -0.15) is 4.31 Å². The SMILES string of the molecule is CCOc1cc(C)c(S(=O)(=O)N2CC(C)N(CCOC)C(C)C2)cc1C. The van der Waals surface area contributed by atoms with Crippen molar-refractivity contribution in [3.63, 3.8) is 0 Å². The minimum Gasteiger partial charge on any atom is -0.494 e. The Morgan fingerprint density at radius 3 is 2.27 bits per heavy atom. The molecule has 2 rings (SSSR count). The number of hydrogen-bond donors (Lipinski definition) is 0. The minimum absolute atomic E-state index is 0.146. The van der Waals surface area contributed by atoms with E-state index in [4.69, 9.17) is 9.47 Å². The van der Waals surface area contributed by atoms with Crippen molar-refractivity contribution in [1.82, 2.24) is 9.21 Å². The molecule has 0 bridgehead atoms. The molecule has 148 valence electrons. The van der Waals surface area contributed by atoms with E-state index in [1.165, 1.54) is 0 Å². The van der Waals surface area contributed by atoms with Crippen molar-refractivity contribution in [3.05, 3.63) is 23.3 Å². The predicted molar refractivity (Wildman–Crippen MR) is 103 cm³/mol. The monoisotopic (exact) mass is 384 g/mol. The second kappa shape index (κ2) is 8.69. The van der Waals surface area contributed by atoms with Crippen molar-refractivity contribution in [2.45, 2.75) is 51.6 Å². The Morgan fingerprint density at radius 1 is 1.12 bits per heavy atom. The summed E-state index contributed by atoms with van der Waals surface area (Å²) in [5.74, 6) is 0.745. The Bertz CT molecular complexity index is 708. The van der Waals surface area contributed by atoms with Gasteiger partial charge in [0.2, 0.25) is 10.0 Å². The zero-order chi connectivity index (χ0) is 19.5. The van der Waals surface area contributed by atoms with E-state index in [9.17, 15) is 8.42 Å². The van der Waals surface area contributed by atoms with Crippen molar-refractivity contribution in [2.75, 3.05) is 40.0 Å². The lowest BCUT2D eigenvalue weighted by molar-refractivity contribution is 0.0495. The molecule has 0 aromatic heterocycles. The molecule has 26 heavy (non-hydrogen) atoms. The van der Waals surface area contributed by atoms with Crippen molar-refractivity contribution >= 4 is 10.0 Å². The molecule has 1 aliphatic heterocycles. The van der Waals surface area contributed by atoms with Gasteiger partial charge in [-0.25, -0.2) is 8.42 Å².